The maximum Gasteiger partial charge on any atom is 0.254 e. The normalized spacial score (nSPS) is 21.2. The fourth-order valence-corrected chi connectivity index (χ4v) is 2.71. The molecule has 3 amide bonds. The second-order valence-corrected chi connectivity index (χ2v) is 5.16. The van der Waals surface area contributed by atoms with Crippen LogP contribution in [0.15, 0.2) is 18.3 Å². The van der Waals surface area contributed by atoms with Gasteiger partial charge >= 0.3 is 0 Å². The number of rotatable bonds is 2. The number of carbonyl (C=O) groups is 3. The summed E-state index contributed by atoms with van der Waals surface area (Å²) in [6, 6.07) is 2.55. The van der Waals surface area contributed by atoms with Gasteiger partial charge in [0, 0.05) is 30.9 Å². The maximum absolute atomic E-state index is 12.5. The van der Waals surface area contributed by atoms with Crippen LogP contribution in [0.4, 0.5) is 0 Å². The lowest BCUT2D eigenvalue weighted by Gasteiger charge is -2.42. The monoisotopic (exact) mass is 304 g/mol. The van der Waals surface area contributed by atoms with Crippen molar-refractivity contribution in [3.8, 4) is 5.88 Å². The number of hydrogen-bond acceptors (Lipinski definition) is 5. The summed E-state index contributed by atoms with van der Waals surface area (Å²) in [4.78, 5) is 43.3. The molecule has 1 N–H and O–H groups in total. The third-order valence-corrected chi connectivity index (χ3v) is 3.90. The van der Waals surface area contributed by atoms with Gasteiger partial charge < -0.3 is 19.9 Å². The molecule has 8 heteroatoms. The lowest BCUT2D eigenvalue weighted by atomic mass is 10.1. The summed E-state index contributed by atoms with van der Waals surface area (Å²) in [6.45, 7) is 0.996. The Morgan fingerprint density at radius 2 is 2.23 bits per heavy atom. The summed E-state index contributed by atoms with van der Waals surface area (Å²) >= 11 is 0. The number of aromatic nitrogens is 1. The Kier molecular flexibility index (Phi) is 3.66. The summed E-state index contributed by atoms with van der Waals surface area (Å²) in [6.07, 6.45) is 1.50. The van der Waals surface area contributed by atoms with E-state index in [0.717, 1.165) is 0 Å². The Labute approximate surface area is 127 Å². The topological polar surface area (TPSA) is 91.8 Å². The number of carbonyl (C=O) groups excluding carboxylic acids is 3. The average Bonchev–Trinajstić information content (AvgIpc) is 2.57. The van der Waals surface area contributed by atoms with E-state index in [0.29, 0.717) is 24.5 Å². The molecule has 0 aliphatic carbocycles. The molecule has 1 atom stereocenters. The molecule has 0 unspecified atom stereocenters. The molecule has 116 valence electrons. The highest BCUT2D eigenvalue weighted by Crippen LogP contribution is 2.17. The van der Waals surface area contributed by atoms with Gasteiger partial charge in [-0.3, -0.25) is 14.4 Å². The Morgan fingerprint density at radius 1 is 1.41 bits per heavy atom. The van der Waals surface area contributed by atoms with E-state index in [1.807, 2.05) is 0 Å². The molecule has 0 radical (unpaired) electrons. The van der Waals surface area contributed by atoms with E-state index in [-0.39, 0.29) is 30.8 Å². The van der Waals surface area contributed by atoms with E-state index in [4.69, 9.17) is 4.74 Å². The predicted molar refractivity (Wildman–Crippen MR) is 75.2 cm³/mol. The van der Waals surface area contributed by atoms with Crippen molar-refractivity contribution in [2.24, 2.45) is 0 Å². The van der Waals surface area contributed by atoms with Gasteiger partial charge in [0.25, 0.3) is 5.91 Å². The number of piperazine rings is 2. The summed E-state index contributed by atoms with van der Waals surface area (Å²) in [5, 5.41) is 2.55. The summed E-state index contributed by atoms with van der Waals surface area (Å²) in [7, 11) is 1.48. The van der Waals surface area contributed by atoms with Crippen molar-refractivity contribution >= 4 is 17.7 Å². The van der Waals surface area contributed by atoms with Crippen LogP contribution in [0.25, 0.3) is 0 Å². The first-order chi connectivity index (χ1) is 10.6. The van der Waals surface area contributed by atoms with Gasteiger partial charge in [-0.25, -0.2) is 4.98 Å². The number of ether oxygens (including phenoxy) is 1. The second kappa shape index (κ2) is 5.63. The fourth-order valence-electron chi connectivity index (χ4n) is 2.71. The Balaban J connectivity index is 1.77. The first-order valence-corrected chi connectivity index (χ1v) is 6.96. The lowest BCUT2D eigenvalue weighted by molar-refractivity contribution is -0.148. The molecule has 0 aromatic carbocycles. The standard InChI is InChI=1S/C14H16N4O4/c1-22-11-6-9(2-3-15-11)14(21)17-4-5-18-10(8-17)13(20)16-7-12(18)19/h2-3,6,10H,4-5,7-8H2,1H3,(H,16,20)/t10-/m1/s1. The molecule has 3 rings (SSSR count). The van der Waals surface area contributed by atoms with Crippen molar-refractivity contribution in [2.45, 2.75) is 6.04 Å². The first kappa shape index (κ1) is 14.3. The number of hydrogen-bond donors (Lipinski definition) is 1. The van der Waals surface area contributed by atoms with E-state index in [1.54, 1.807) is 17.0 Å². The van der Waals surface area contributed by atoms with E-state index in [9.17, 15) is 14.4 Å². The molecule has 2 saturated heterocycles. The number of nitrogens with one attached hydrogen (secondary N) is 1. The van der Waals surface area contributed by atoms with Gasteiger partial charge in [-0.2, -0.15) is 0 Å². The fraction of sp³-hybridized carbons (Fsp3) is 0.429. The van der Waals surface area contributed by atoms with Gasteiger partial charge in [0.15, 0.2) is 0 Å². The molecule has 0 spiro atoms. The average molecular weight is 304 g/mol. The van der Waals surface area contributed by atoms with Crippen LogP contribution in [-0.2, 0) is 9.59 Å². The molecular formula is C14H16N4O4. The van der Waals surface area contributed by atoms with Crippen LogP contribution in [0.5, 0.6) is 5.88 Å². The molecule has 0 bridgehead atoms. The largest absolute Gasteiger partial charge is 0.481 e. The van der Waals surface area contributed by atoms with Crippen LogP contribution in [0.2, 0.25) is 0 Å². The van der Waals surface area contributed by atoms with E-state index < -0.39 is 6.04 Å². The number of pyridine rings is 1. The van der Waals surface area contributed by atoms with Crippen molar-refractivity contribution in [1.29, 1.82) is 0 Å². The molecule has 1 aromatic rings. The highest BCUT2D eigenvalue weighted by molar-refractivity contribution is 5.98. The van der Waals surface area contributed by atoms with E-state index >= 15 is 0 Å². The Morgan fingerprint density at radius 3 is 3.00 bits per heavy atom. The SMILES string of the molecule is COc1cc(C(=O)N2CCN3C(=O)CNC(=O)[C@H]3C2)ccn1. The quantitative estimate of drug-likeness (QED) is 0.747. The zero-order valence-electron chi connectivity index (χ0n) is 12.1. The van der Waals surface area contributed by atoms with Gasteiger partial charge in [0.2, 0.25) is 17.7 Å². The number of nitrogens with zero attached hydrogens (tertiary/aromatic N) is 3. The molecule has 3 heterocycles. The number of fused-ring (bicyclic) bond motifs is 1. The molecule has 22 heavy (non-hydrogen) atoms. The van der Waals surface area contributed by atoms with Gasteiger partial charge in [-0.1, -0.05) is 0 Å². The van der Waals surface area contributed by atoms with Crippen molar-refractivity contribution in [3.05, 3.63) is 23.9 Å². The van der Waals surface area contributed by atoms with Crippen LogP contribution >= 0.6 is 0 Å². The molecule has 2 aliphatic heterocycles. The van der Waals surface area contributed by atoms with E-state index in [2.05, 4.69) is 10.3 Å². The van der Waals surface area contributed by atoms with Gasteiger partial charge in [-0.15, -0.1) is 0 Å². The van der Waals surface area contributed by atoms with Crippen molar-refractivity contribution in [2.75, 3.05) is 33.3 Å². The molecule has 1 aromatic heterocycles. The van der Waals surface area contributed by atoms with Crippen LogP contribution in [0.1, 0.15) is 10.4 Å². The summed E-state index contributed by atoms with van der Waals surface area (Å²) in [5.74, 6) is -0.173. The molecule has 2 aliphatic rings. The third-order valence-electron chi connectivity index (χ3n) is 3.90. The van der Waals surface area contributed by atoms with E-state index in [1.165, 1.54) is 18.2 Å². The molecular weight excluding hydrogens is 288 g/mol. The van der Waals surface area contributed by atoms with Crippen LogP contribution in [-0.4, -0.2) is 71.8 Å². The van der Waals surface area contributed by atoms with Crippen LogP contribution < -0.4 is 10.1 Å². The Hall–Kier alpha value is -2.64. The van der Waals surface area contributed by atoms with Gasteiger partial charge in [-0.05, 0) is 6.07 Å². The minimum atomic E-state index is -0.609. The lowest BCUT2D eigenvalue weighted by Crippen LogP contribution is -2.66. The molecule has 0 saturated carbocycles. The van der Waals surface area contributed by atoms with Gasteiger partial charge in [0.1, 0.15) is 6.04 Å². The van der Waals surface area contributed by atoms with Gasteiger partial charge in [0.05, 0.1) is 20.2 Å². The minimum absolute atomic E-state index is 0.0326. The first-order valence-electron chi connectivity index (χ1n) is 6.96. The van der Waals surface area contributed by atoms with Crippen LogP contribution in [0.3, 0.4) is 0 Å². The molecule has 2 fully saturated rings. The van der Waals surface area contributed by atoms with Crippen molar-refractivity contribution in [1.82, 2.24) is 20.1 Å². The predicted octanol–water partition coefficient (Wildman–Crippen LogP) is -1.13. The smallest absolute Gasteiger partial charge is 0.254 e. The number of amides is 3. The third kappa shape index (κ3) is 2.47. The summed E-state index contributed by atoms with van der Waals surface area (Å²) < 4.78 is 5.01. The second-order valence-electron chi connectivity index (χ2n) is 5.16. The van der Waals surface area contributed by atoms with Crippen LogP contribution in [0, 0.1) is 0 Å². The Bertz CT molecular complexity index is 633. The zero-order chi connectivity index (χ0) is 15.7. The van der Waals surface area contributed by atoms with Crippen molar-refractivity contribution in [3.63, 3.8) is 0 Å². The zero-order valence-corrected chi connectivity index (χ0v) is 12.1. The summed E-state index contributed by atoms with van der Waals surface area (Å²) in [5.41, 5.74) is 0.447. The highest BCUT2D eigenvalue weighted by atomic mass is 16.5. The van der Waals surface area contributed by atoms with Crippen molar-refractivity contribution < 1.29 is 19.1 Å². The highest BCUT2D eigenvalue weighted by Gasteiger charge is 2.39. The molecule has 8 nitrogen and oxygen atoms in total. The maximum atomic E-state index is 12.5. The number of methoxy groups -OCH3 is 1. The minimum Gasteiger partial charge on any atom is -0.481 e.